The van der Waals surface area contributed by atoms with E-state index < -0.39 is 34.8 Å². The van der Waals surface area contributed by atoms with Gasteiger partial charge in [-0.1, -0.05) is 6.58 Å². The van der Waals surface area contributed by atoms with Crippen LogP contribution in [0.3, 0.4) is 0 Å². The SMILES string of the molecule is C=CS(=O)(=O)OCC(=O)OC1CCOC1=O. The minimum absolute atomic E-state index is 0.183. The maximum absolute atomic E-state index is 11.1. The standard InChI is InChI=1S/C8H10O7S/c1-2-16(11,12)14-5-7(9)15-6-3-4-13-8(6)10/h2,6H,1,3-5H2. The van der Waals surface area contributed by atoms with Gasteiger partial charge in [-0.15, -0.1) is 0 Å². The van der Waals surface area contributed by atoms with E-state index in [0.29, 0.717) is 5.41 Å². The largest absolute Gasteiger partial charge is 0.463 e. The summed E-state index contributed by atoms with van der Waals surface area (Å²) < 4.78 is 34.9. The molecule has 1 atom stereocenters. The molecule has 8 heteroatoms. The van der Waals surface area contributed by atoms with Crippen molar-refractivity contribution >= 4 is 22.1 Å². The van der Waals surface area contributed by atoms with Crippen molar-refractivity contribution in [3.63, 3.8) is 0 Å². The van der Waals surface area contributed by atoms with Crippen molar-refractivity contribution in [1.82, 2.24) is 0 Å². The first-order valence-electron chi connectivity index (χ1n) is 4.32. The highest BCUT2D eigenvalue weighted by atomic mass is 32.2. The summed E-state index contributed by atoms with van der Waals surface area (Å²) in [5.41, 5.74) is 0. The van der Waals surface area contributed by atoms with Crippen molar-refractivity contribution in [2.45, 2.75) is 12.5 Å². The maximum atomic E-state index is 11.1. The second-order valence-electron chi connectivity index (χ2n) is 2.86. The van der Waals surface area contributed by atoms with Gasteiger partial charge in [0.1, 0.15) is 0 Å². The van der Waals surface area contributed by atoms with Crippen LogP contribution in [0.15, 0.2) is 12.0 Å². The molecule has 0 spiro atoms. The van der Waals surface area contributed by atoms with Gasteiger partial charge in [0.2, 0.25) is 6.10 Å². The van der Waals surface area contributed by atoms with E-state index in [9.17, 15) is 18.0 Å². The second kappa shape index (κ2) is 5.08. The first-order valence-corrected chi connectivity index (χ1v) is 5.80. The van der Waals surface area contributed by atoms with E-state index in [1.165, 1.54) is 0 Å². The Bertz CT molecular complexity index is 397. The quantitative estimate of drug-likeness (QED) is 0.471. The Balaban J connectivity index is 2.37. The van der Waals surface area contributed by atoms with Crippen LogP contribution in [0.1, 0.15) is 6.42 Å². The van der Waals surface area contributed by atoms with Crippen molar-refractivity contribution in [1.29, 1.82) is 0 Å². The maximum Gasteiger partial charge on any atom is 0.347 e. The van der Waals surface area contributed by atoms with Crippen molar-refractivity contribution in [2.24, 2.45) is 0 Å². The predicted molar refractivity (Wildman–Crippen MR) is 50.5 cm³/mol. The molecule has 1 heterocycles. The zero-order valence-corrected chi connectivity index (χ0v) is 9.07. The highest BCUT2D eigenvalue weighted by Gasteiger charge is 2.30. The molecule has 0 bridgehead atoms. The molecule has 0 amide bonds. The van der Waals surface area contributed by atoms with E-state index >= 15 is 0 Å². The lowest BCUT2D eigenvalue weighted by molar-refractivity contribution is -0.161. The number of carbonyl (C=O) groups excluding carboxylic acids is 2. The van der Waals surface area contributed by atoms with Gasteiger partial charge in [-0.25, -0.2) is 9.59 Å². The number of esters is 2. The average Bonchev–Trinajstić information content (AvgIpc) is 2.62. The third kappa shape index (κ3) is 3.63. The number of ether oxygens (including phenoxy) is 2. The Morgan fingerprint density at radius 1 is 1.62 bits per heavy atom. The molecule has 0 aromatic rings. The van der Waals surface area contributed by atoms with Crippen molar-refractivity contribution in [2.75, 3.05) is 13.2 Å². The highest BCUT2D eigenvalue weighted by Crippen LogP contribution is 2.10. The minimum atomic E-state index is -3.91. The normalized spacial score (nSPS) is 20.2. The summed E-state index contributed by atoms with van der Waals surface area (Å²) in [6.07, 6.45) is -0.707. The molecular weight excluding hydrogens is 240 g/mol. The Hall–Kier alpha value is -1.41. The van der Waals surface area contributed by atoms with Crippen LogP contribution < -0.4 is 0 Å². The summed E-state index contributed by atoms with van der Waals surface area (Å²) in [6, 6.07) is 0. The molecule has 1 saturated heterocycles. The van der Waals surface area contributed by atoms with E-state index in [2.05, 4.69) is 20.2 Å². The summed E-state index contributed by atoms with van der Waals surface area (Å²) in [5.74, 6) is -1.59. The Labute approximate surface area is 92.1 Å². The van der Waals surface area contributed by atoms with Crippen molar-refractivity contribution in [3.05, 3.63) is 12.0 Å². The summed E-state index contributed by atoms with van der Waals surface area (Å²) in [4.78, 5) is 21.9. The third-order valence-electron chi connectivity index (χ3n) is 1.71. The number of cyclic esters (lactones) is 1. The molecule has 0 radical (unpaired) electrons. The lowest BCUT2D eigenvalue weighted by Gasteiger charge is -2.07. The Kier molecular flexibility index (Phi) is 4.02. The first kappa shape index (κ1) is 12.7. The summed E-state index contributed by atoms with van der Waals surface area (Å²) >= 11 is 0. The zero-order chi connectivity index (χ0) is 12.2. The highest BCUT2D eigenvalue weighted by molar-refractivity contribution is 7.89. The van der Waals surface area contributed by atoms with Crippen LogP contribution in [0.4, 0.5) is 0 Å². The van der Waals surface area contributed by atoms with Crippen LogP contribution in [0, 0.1) is 0 Å². The van der Waals surface area contributed by atoms with Gasteiger partial charge in [0, 0.05) is 6.42 Å². The van der Waals surface area contributed by atoms with Gasteiger partial charge >= 0.3 is 11.9 Å². The second-order valence-corrected chi connectivity index (χ2v) is 4.41. The van der Waals surface area contributed by atoms with Crippen LogP contribution >= 0.6 is 0 Å². The third-order valence-corrected chi connectivity index (χ3v) is 2.56. The van der Waals surface area contributed by atoms with Crippen LogP contribution in [-0.4, -0.2) is 39.7 Å². The molecule has 1 unspecified atom stereocenters. The summed E-state index contributed by atoms with van der Waals surface area (Å²) in [5, 5.41) is 0.560. The predicted octanol–water partition coefficient (Wildman–Crippen LogP) is -0.665. The molecule has 90 valence electrons. The molecule has 0 aromatic heterocycles. The lowest BCUT2D eigenvalue weighted by atomic mass is 10.3. The van der Waals surface area contributed by atoms with Gasteiger partial charge < -0.3 is 9.47 Å². The average molecular weight is 250 g/mol. The Morgan fingerprint density at radius 3 is 2.81 bits per heavy atom. The molecule has 7 nitrogen and oxygen atoms in total. The zero-order valence-electron chi connectivity index (χ0n) is 8.25. The molecule has 0 aromatic carbocycles. The number of hydrogen-bond donors (Lipinski definition) is 0. The van der Waals surface area contributed by atoms with Gasteiger partial charge in [-0.05, 0) is 0 Å². The smallest absolute Gasteiger partial charge is 0.347 e. The molecule has 0 saturated carbocycles. The van der Waals surface area contributed by atoms with Crippen LogP contribution in [0.5, 0.6) is 0 Å². The number of rotatable bonds is 5. The summed E-state index contributed by atoms with van der Waals surface area (Å²) in [6.45, 7) is 2.38. The molecule has 1 fully saturated rings. The van der Waals surface area contributed by atoms with Crippen LogP contribution in [0.2, 0.25) is 0 Å². The van der Waals surface area contributed by atoms with Gasteiger partial charge in [0.25, 0.3) is 10.1 Å². The number of carbonyl (C=O) groups is 2. The van der Waals surface area contributed by atoms with E-state index in [4.69, 9.17) is 0 Å². The summed E-state index contributed by atoms with van der Waals surface area (Å²) in [7, 11) is -3.91. The first-order chi connectivity index (χ1) is 7.44. The molecule has 1 aliphatic rings. The monoisotopic (exact) mass is 250 g/mol. The van der Waals surface area contributed by atoms with Crippen molar-refractivity contribution < 1.29 is 31.7 Å². The van der Waals surface area contributed by atoms with Gasteiger partial charge in [0.15, 0.2) is 6.61 Å². The lowest BCUT2D eigenvalue weighted by Crippen LogP contribution is -2.25. The molecule has 0 aliphatic carbocycles. The molecular formula is C8H10O7S. The van der Waals surface area contributed by atoms with Gasteiger partial charge in [-0.2, -0.15) is 8.42 Å². The molecule has 0 N–H and O–H groups in total. The van der Waals surface area contributed by atoms with E-state index in [1.807, 2.05) is 0 Å². The van der Waals surface area contributed by atoms with E-state index in [0.717, 1.165) is 0 Å². The fourth-order valence-corrected chi connectivity index (χ4v) is 1.31. The topological polar surface area (TPSA) is 96.0 Å². The van der Waals surface area contributed by atoms with Crippen molar-refractivity contribution in [3.8, 4) is 0 Å². The molecule has 1 rings (SSSR count). The minimum Gasteiger partial charge on any atom is -0.463 e. The fraction of sp³-hybridized carbons (Fsp3) is 0.500. The molecule has 16 heavy (non-hydrogen) atoms. The van der Waals surface area contributed by atoms with Crippen LogP contribution in [0.25, 0.3) is 0 Å². The Morgan fingerprint density at radius 2 is 2.31 bits per heavy atom. The van der Waals surface area contributed by atoms with E-state index in [1.54, 1.807) is 0 Å². The van der Waals surface area contributed by atoms with Gasteiger partial charge in [0.05, 0.1) is 12.0 Å². The number of hydrogen-bond acceptors (Lipinski definition) is 7. The van der Waals surface area contributed by atoms with E-state index in [-0.39, 0.29) is 13.0 Å². The van der Waals surface area contributed by atoms with Crippen LogP contribution in [-0.2, 0) is 33.4 Å². The van der Waals surface area contributed by atoms with Gasteiger partial charge in [-0.3, -0.25) is 4.18 Å². The molecule has 1 aliphatic heterocycles. The fourth-order valence-electron chi connectivity index (χ4n) is 0.955.